The average molecular weight is 254 g/mol. The summed E-state index contributed by atoms with van der Waals surface area (Å²) in [6, 6.07) is 5.14. The molecule has 4 heteroatoms. The number of hydrogen-bond donors (Lipinski definition) is 1. The van der Waals surface area contributed by atoms with Crippen LogP contribution in [0.2, 0.25) is 0 Å². The number of carboxylic acids is 1. The third-order valence-electron chi connectivity index (χ3n) is 1.91. The summed E-state index contributed by atoms with van der Waals surface area (Å²) in [5.41, 5.74) is 1.06. The summed E-state index contributed by atoms with van der Waals surface area (Å²) >= 11 is 3.21. The average Bonchev–Trinajstić information content (AvgIpc) is 2.16. The van der Waals surface area contributed by atoms with Gasteiger partial charge in [0, 0.05) is 4.47 Å². The topological polar surface area (TPSA) is 61.1 Å². The quantitative estimate of drug-likeness (QED) is 0.882. The summed E-state index contributed by atoms with van der Waals surface area (Å²) in [6.07, 6.45) is 0.641. The van der Waals surface area contributed by atoms with Crippen molar-refractivity contribution in [2.75, 3.05) is 0 Å². The van der Waals surface area contributed by atoms with E-state index in [2.05, 4.69) is 15.9 Å². The second kappa shape index (κ2) is 4.25. The summed E-state index contributed by atoms with van der Waals surface area (Å²) in [5.74, 6) is -1.07. The molecule has 0 aliphatic carbocycles. The van der Waals surface area contributed by atoms with E-state index >= 15 is 0 Å². The Kier molecular flexibility index (Phi) is 3.26. The van der Waals surface area contributed by atoms with Crippen molar-refractivity contribution < 1.29 is 9.90 Å². The monoisotopic (exact) mass is 253 g/mol. The molecule has 0 aliphatic heterocycles. The van der Waals surface area contributed by atoms with E-state index in [0.717, 1.165) is 5.56 Å². The molecule has 0 fully saturated rings. The van der Waals surface area contributed by atoms with E-state index in [-0.39, 0.29) is 11.1 Å². The number of halogens is 1. The van der Waals surface area contributed by atoms with Gasteiger partial charge in [0.2, 0.25) is 0 Å². The van der Waals surface area contributed by atoms with Crippen LogP contribution in [0.5, 0.6) is 0 Å². The van der Waals surface area contributed by atoms with Crippen molar-refractivity contribution in [3.8, 4) is 6.07 Å². The van der Waals surface area contributed by atoms with Gasteiger partial charge in [-0.2, -0.15) is 5.26 Å². The Morgan fingerprint density at radius 1 is 1.64 bits per heavy atom. The fraction of sp³-hybridized carbons (Fsp3) is 0.200. The number of benzene rings is 1. The zero-order valence-corrected chi connectivity index (χ0v) is 9.13. The van der Waals surface area contributed by atoms with Crippen LogP contribution in [-0.4, -0.2) is 11.1 Å². The number of carbonyl (C=O) groups is 1. The van der Waals surface area contributed by atoms with Gasteiger partial charge in [0.15, 0.2) is 0 Å². The van der Waals surface area contributed by atoms with Crippen LogP contribution in [0.3, 0.4) is 0 Å². The van der Waals surface area contributed by atoms with Gasteiger partial charge in [-0.05, 0) is 24.1 Å². The van der Waals surface area contributed by atoms with Gasteiger partial charge in [-0.15, -0.1) is 0 Å². The van der Waals surface area contributed by atoms with Gasteiger partial charge in [0.25, 0.3) is 0 Å². The van der Waals surface area contributed by atoms with Crippen LogP contribution in [-0.2, 0) is 6.42 Å². The number of rotatable bonds is 2. The third-order valence-corrected chi connectivity index (χ3v) is 2.37. The van der Waals surface area contributed by atoms with Crippen molar-refractivity contribution in [1.29, 1.82) is 5.26 Å². The fourth-order valence-electron chi connectivity index (χ4n) is 1.24. The molecule has 1 rings (SSSR count). The molecule has 1 aromatic carbocycles. The Labute approximate surface area is 90.1 Å². The zero-order valence-electron chi connectivity index (χ0n) is 7.54. The van der Waals surface area contributed by atoms with Crippen molar-refractivity contribution in [3.63, 3.8) is 0 Å². The van der Waals surface area contributed by atoms with Crippen molar-refractivity contribution in [2.24, 2.45) is 0 Å². The molecule has 0 heterocycles. The van der Waals surface area contributed by atoms with Gasteiger partial charge in [-0.25, -0.2) is 4.79 Å². The van der Waals surface area contributed by atoms with Crippen LogP contribution in [0.15, 0.2) is 16.6 Å². The maximum atomic E-state index is 10.8. The minimum absolute atomic E-state index is 0.0544. The fourth-order valence-corrected chi connectivity index (χ4v) is 1.75. The van der Waals surface area contributed by atoms with E-state index in [4.69, 9.17) is 10.4 Å². The molecule has 0 atom stereocenters. The molecule has 0 aliphatic rings. The van der Waals surface area contributed by atoms with E-state index < -0.39 is 5.97 Å². The number of nitriles is 1. The Hall–Kier alpha value is -1.34. The number of nitrogens with zero attached hydrogens (tertiary/aromatic N) is 1. The molecule has 0 aromatic heterocycles. The maximum Gasteiger partial charge on any atom is 0.337 e. The smallest absolute Gasteiger partial charge is 0.337 e. The molecule has 0 unspecified atom stereocenters. The highest BCUT2D eigenvalue weighted by atomic mass is 79.9. The van der Waals surface area contributed by atoms with E-state index in [0.29, 0.717) is 10.9 Å². The summed E-state index contributed by atoms with van der Waals surface area (Å²) < 4.78 is 0.686. The number of aryl methyl sites for hydroxylation is 1. The second-order valence-electron chi connectivity index (χ2n) is 2.76. The number of aromatic carboxylic acids is 1. The van der Waals surface area contributed by atoms with Crippen molar-refractivity contribution >= 4 is 21.9 Å². The van der Waals surface area contributed by atoms with E-state index in [1.54, 1.807) is 6.07 Å². The first-order chi connectivity index (χ1) is 6.60. The Bertz CT molecular complexity index is 421. The molecule has 3 nitrogen and oxygen atoms in total. The molecule has 72 valence electrons. The van der Waals surface area contributed by atoms with Gasteiger partial charge >= 0.3 is 5.97 Å². The lowest BCUT2D eigenvalue weighted by Crippen LogP contribution is -2.03. The molecule has 0 amide bonds. The van der Waals surface area contributed by atoms with Gasteiger partial charge in [0.05, 0.1) is 11.1 Å². The summed E-state index contributed by atoms with van der Waals surface area (Å²) in [4.78, 5) is 10.8. The van der Waals surface area contributed by atoms with Crippen LogP contribution in [0, 0.1) is 11.3 Å². The first kappa shape index (κ1) is 10.7. The largest absolute Gasteiger partial charge is 0.478 e. The van der Waals surface area contributed by atoms with Crippen molar-refractivity contribution in [3.05, 3.63) is 33.3 Å². The first-order valence-electron chi connectivity index (χ1n) is 4.06. The van der Waals surface area contributed by atoms with E-state index in [1.807, 2.05) is 13.0 Å². The summed E-state index contributed by atoms with van der Waals surface area (Å²) in [7, 11) is 0. The zero-order chi connectivity index (χ0) is 10.7. The predicted molar refractivity (Wildman–Crippen MR) is 55.2 cm³/mol. The van der Waals surface area contributed by atoms with Gasteiger partial charge < -0.3 is 5.11 Å². The number of carboxylic acid groups (broad SMARTS) is 1. The third kappa shape index (κ3) is 1.94. The summed E-state index contributed by atoms with van der Waals surface area (Å²) in [5, 5.41) is 17.7. The van der Waals surface area contributed by atoms with E-state index in [1.165, 1.54) is 6.07 Å². The van der Waals surface area contributed by atoms with Gasteiger partial charge in [0.1, 0.15) is 6.07 Å². The van der Waals surface area contributed by atoms with Crippen LogP contribution in [0.25, 0.3) is 0 Å². The molecule has 1 aromatic rings. The molecule has 0 bridgehead atoms. The lowest BCUT2D eigenvalue weighted by Gasteiger charge is -2.05. The molecule has 0 saturated heterocycles. The van der Waals surface area contributed by atoms with Crippen LogP contribution >= 0.6 is 15.9 Å². The highest BCUT2D eigenvalue weighted by molar-refractivity contribution is 9.10. The highest BCUT2D eigenvalue weighted by Crippen LogP contribution is 2.21. The van der Waals surface area contributed by atoms with Crippen LogP contribution in [0.4, 0.5) is 0 Å². The Balaban J connectivity index is 3.49. The predicted octanol–water partition coefficient (Wildman–Crippen LogP) is 2.58. The van der Waals surface area contributed by atoms with E-state index in [9.17, 15) is 4.79 Å². The Morgan fingerprint density at radius 3 is 2.71 bits per heavy atom. The second-order valence-corrected chi connectivity index (χ2v) is 3.67. The number of hydrogen-bond acceptors (Lipinski definition) is 2. The SMILES string of the molecule is CCc1cc(Br)cc(C(=O)O)c1C#N. The standard InChI is InChI=1S/C10H8BrNO2/c1-2-6-3-7(11)4-8(10(13)14)9(6)5-12/h3-4H,2H2,1H3,(H,13,14). The van der Waals surface area contributed by atoms with Crippen LogP contribution < -0.4 is 0 Å². The molecule has 0 saturated carbocycles. The summed E-state index contributed by atoms with van der Waals surface area (Å²) in [6.45, 7) is 1.88. The normalized spacial score (nSPS) is 9.50. The van der Waals surface area contributed by atoms with Crippen LogP contribution in [0.1, 0.15) is 28.4 Å². The lowest BCUT2D eigenvalue weighted by atomic mass is 10.0. The molecular weight excluding hydrogens is 246 g/mol. The minimum atomic E-state index is -1.07. The van der Waals surface area contributed by atoms with Gasteiger partial charge in [-0.3, -0.25) is 0 Å². The minimum Gasteiger partial charge on any atom is -0.478 e. The molecule has 14 heavy (non-hydrogen) atoms. The Morgan fingerprint density at radius 2 is 2.29 bits per heavy atom. The lowest BCUT2D eigenvalue weighted by molar-refractivity contribution is 0.0696. The maximum absolute atomic E-state index is 10.8. The molecule has 0 radical (unpaired) electrons. The molecule has 1 N–H and O–H groups in total. The first-order valence-corrected chi connectivity index (χ1v) is 4.85. The van der Waals surface area contributed by atoms with Gasteiger partial charge in [-0.1, -0.05) is 22.9 Å². The highest BCUT2D eigenvalue weighted by Gasteiger charge is 2.14. The van der Waals surface area contributed by atoms with Crippen molar-refractivity contribution in [2.45, 2.75) is 13.3 Å². The molecule has 0 spiro atoms. The molecular formula is C10H8BrNO2. The van der Waals surface area contributed by atoms with Crippen molar-refractivity contribution in [1.82, 2.24) is 0 Å².